The summed E-state index contributed by atoms with van der Waals surface area (Å²) in [7, 11) is 2.02. The van der Waals surface area contributed by atoms with Crippen molar-refractivity contribution in [3.8, 4) is 0 Å². The zero-order valence-corrected chi connectivity index (χ0v) is 13.5. The molecule has 1 aromatic heterocycles. The van der Waals surface area contributed by atoms with E-state index < -0.39 is 0 Å². The maximum atomic E-state index is 4.96. The molecule has 2 rings (SSSR count). The molecule has 0 bridgehead atoms. The molecule has 0 amide bonds. The van der Waals surface area contributed by atoms with E-state index in [0.29, 0.717) is 5.92 Å². The van der Waals surface area contributed by atoms with Crippen LogP contribution >= 0.6 is 11.3 Å². The van der Waals surface area contributed by atoms with Gasteiger partial charge in [-0.1, -0.05) is 13.8 Å². The van der Waals surface area contributed by atoms with Gasteiger partial charge in [0.1, 0.15) is 0 Å². The van der Waals surface area contributed by atoms with E-state index in [4.69, 9.17) is 4.98 Å². The van der Waals surface area contributed by atoms with E-state index in [9.17, 15) is 0 Å². The second-order valence-electron chi connectivity index (χ2n) is 5.63. The van der Waals surface area contributed by atoms with Gasteiger partial charge in [0.25, 0.3) is 0 Å². The topological polar surface area (TPSA) is 28.2 Å². The van der Waals surface area contributed by atoms with Crippen molar-refractivity contribution < 1.29 is 0 Å². The molecular weight excluding hydrogens is 254 g/mol. The number of hydrogen-bond acceptors (Lipinski definition) is 4. The molecule has 108 valence electrons. The maximum absolute atomic E-state index is 4.96. The second kappa shape index (κ2) is 6.71. The number of rotatable bonds is 8. The molecule has 19 heavy (non-hydrogen) atoms. The Balaban J connectivity index is 2.18. The lowest BCUT2D eigenvalue weighted by Gasteiger charge is -2.19. The first-order valence-corrected chi connectivity index (χ1v) is 8.40. The Kier molecular flexibility index (Phi) is 5.22. The van der Waals surface area contributed by atoms with Crippen molar-refractivity contribution in [3.63, 3.8) is 0 Å². The van der Waals surface area contributed by atoms with Gasteiger partial charge in [0.05, 0.1) is 5.69 Å². The minimum atomic E-state index is 0.563. The van der Waals surface area contributed by atoms with Gasteiger partial charge in [-0.15, -0.1) is 11.3 Å². The zero-order chi connectivity index (χ0) is 13.8. The molecule has 0 saturated heterocycles. The van der Waals surface area contributed by atoms with Crippen molar-refractivity contribution in [3.05, 3.63) is 10.6 Å². The van der Waals surface area contributed by atoms with Crippen LogP contribution in [0.15, 0.2) is 0 Å². The van der Waals surface area contributed by atoms with Gasteiger partial charge in [0.15, 0.2) is 5.13 Å². The second-order valence-corrected chi connectivity index (χ2v) is 6.69. The van der Waals surface area contributed by atoms with Gasteiger partial charge in [0.2, 0.25) is 0 Å². The molecule has 0 spiro atoms. The van der Waals surface area contributed by atoms with Gasteiger partial charge in [-0.3, -0.25) is 0 Å². The van der Waals surface area contributed by atoms with Gasteiger partial charge in [-0.05, 0) is 45.1 Å². The largest absolute Gasteiger partial charge is 0.348 e. The first kappa shape index (κ1) is 14.8. The van der Waals surface area contributed by atoms with Crippen LogP contribution in [-0.2, 0) is 6.54 Å². The van der Waals surface area contributed by atoms with E-state index in [-0.39, 0.29) is 0 Å². The molecule has 1 aromatic rings. The monoisotopic (exact) mass is 281 g/mol. The fraction of sp³-hybridized carbons (Fsp3) is 0.800. The molecule has 0 aromatic carbocycles. The van der Waals surface area contributed by atoms with Crippen molar-refractivity contribution in [2.75, 3.05) is 25.0 Å². The predicted molar refractivity (Wildman–Crippen MR) is 84.2 cm³/mol. The van der Waals surface area contributed by atoms with E-state index in [1.165, 1.54) is 35.1 Å². The molecular formula is C15H27N3S. The molecule has 1 atom stereocenters. The predicted octanol–water partition coefficient (Wildman–Crippen LogP) is 3.61. The number of nitrogens with one attached hydrogen (secondary N) is 1. The minimum absolute atomic E-state index is 0.563. The lowest BCUT2D eigenvalue weighted by Crippen LogP contribution is -2.25. The Morgan fingerprint density at radius 1 is 1.42 bits per heavy atom. The molecule has 4 heteroatoms. The average molecular weight is 281 g/mol. The summed E-state index contributed by atoms with van der Waals surface area (Å²) >= 11 is 1.88. The molecule has 1 heterocycles. The van der Waals surface area contributed by atoms with Gasteiger partial charge < -0.3 is 10.2 Å². The van der Waals surface area contributed by atoms with E-state index in [1.54, 1.807) is 0 Å². The third-order valence-corrected chi connectivity index (χ3v) is 5.09. The Labute approximate surface area is 121 Å². The Hall–Kier alpha value is -0.610. The van der Waals surface area contributed by atoms with Gasteiger partial charge in [-0.2, -0.15) is 0 Å². The number of nitrogens with zero attached hydrogens (tertiary/aromatic N) is 2. The fourth-order valence-electron chi connectivity index (χ4n) is 2.31. The van der Waals surface area contributed by atoms with Crippen LogP contribution in [0.2, 0.25) is 0 Å². The van der Waals surface area contributed by atoms with E-state index >= 15 is 0 Å². The Bertz CT molecular complexity index is 398. The first-order valence-electron chi connectivity index (χ1n) is 7.58. The standard InChI is InChI=1S/C15H27N3S/c1-5-11(3)14-13(9-16-4)19-15(17-14)18(6-2)10-12-7-8-12/h11-12,16H,5-10H2,1-4H3. The SMILES string of the molecule is CCC(C)c1nc(N(CC)CC2CC2)sc1CNC. The summed E-state index contributed by atoms with van der Waals surface area (Å²) in [6, 6.07) is 0. The highest BCUT2D eigenvalue weighted by Gasteiger charge is 2.26. The minimum Gasteiger partial charge on any atom is -0.348 e. The number of hydrogen-bond donors (Lipinski definition) is 1. The van der Waals surface area contributed by atoms with Gasteiger partial charge >= 0.3 is 0 Å². The molecule has 1 aliphatic rings. The quantitative estimate of drug-likeness (QED) is 0.789. The van der Waals surface area contributed by atoms with Crippen molar-refractivity contribution in [2.24, 2.45) is 5.92 Å². The highest BCUT2D eigenvalue weighted by atomic mass is 32.1. The highest BCUT2D eigenvalue weighted by molar-refractivity contribution is 7.15. The van der Waals surface area contributed by atoms with E-state index in [2.05, 4.69) is 31.0 Å². The number of aromatic nitrogens is 1. The van der Waals surface area contributed by atoms with Crippen molar-refractivity contribution in [1.82, 2.24) is 10.3 Å². The molecule has 0 radical (unpaired) electrons. The number of thiazole rings is 1. The maximum Gasteiger partial charge on any atom is 0.185 e. The van der Waals surface area contributed by atoms with Crippen LogP contribution in [0.3, 0.4) is 0 Å². The third-order valence-electron chi connectivity index (χ3n) is 3.96. The lowest BCUT2D eigenvalue weighted by molar-refractivity contribution is 0.687. The zero-order valence-electron chi connectivity index (χ0n) is 12.7. The molecule has 1 unspecified atom stereocenters. The highest BCUT2D eigenvalue weighted by Crippen LogP contribution is 2.35. The fourth-order valence-corrected chi connectivity index (χ4v) is 3.57. The van der Waals surface area contributed by atoms with Crippen LogP contribution < -0.4 is 10.2 Å². The third kappa shape index (κ3) is 3.69. The summed E-state index contributed by atoms with van der Waals surface area (Å²) in [5.74, 6) is 1.48. The van der Waals surface area contributed by atoms with Crippen LogP contribution in [0.25, 0.3) is 0 Å². The molecule has 0 aliphatic heterocycles. The lowest BCUT2D eigenvalue weighted by atomic mass is 10.0. The normalized spacial score (nSPS) is 16.6. The van der Waals surface area contributed by atoms with Crippen LogP contribution in [0, 0.1) is 5.92 Å². The summed E-state index contributed by atoms with van der Waals surface area (Å²) in [5.41, 5.74) is 1.31. The van der Waals surface area contributed by atoms with Gasteiger partial charge in [-0.25, -0.2) is 4.98 Å². The van der Waals surface area contributed by atoms with E-state index in [1.807, 2.05) is 18.4 Å². The van der Waals surface area contributed by atoms with Gasteiger partial charge in [0, 0.05) is 24.5 Å². The van der Waals surface area contributed by atoms with Crippen LogP contribution in [-0.4, -0.2) is 25.1 Å². The van der Waals surface area contributed by atoms with Crippen LogP contribution in [0.1, 0.15) is 56.5 Å². The summed E-state index contributed by atoms with van der Waals surface area (Å²) in [5, 5.41) is 4.51. The number of anilines is 1. The summed E-state index contributed by atoms with van der Waals surface area (Å²) in [4.78, 5) is 8.84. The summed E-state index contributed by atoms with van der Waals surface area (Å²) in [6.07, 6.45) is 3.97. The van der Waals surface area contributed by atoms with Crippen molar-refractivity contribution >= 4 is 16.5 Å². The average Bonchev–Trinajstić information content (AvgIpc) is 3.15. The molecule has 1 aliphatic carbocycles. The van der Waals surface area contributed by atoms with Crippen molar-refractivity contribution in [2.45, 2.75) is 52.5 Å². The first-order chi connectivity index (χ1) is 9.19. The Morgan fingerprint density at radius 3 is 2.68 bits per heavy atom. The molecule has 1 fully saturated rings. The smallest absolute Gasteiger partial charge is 0.185 e. The molecule has 3 nitrogen and oxygen atoms in total. The molecule has 1 saturated carbocycles. The van der Waals surface area contributed by atoms with E-state index in [0.717, 1.165) is 25.4 Å². The summed E-state index contributed by atoms with van der Waals surface area (Å²) < 4.78 is 0. The Morgan fingerprint density at radius 2 is 2.16 bits per heavy atom. The molecule has 1 N–H and O–H groups in total. The van der Waals surface area contributed by atoms with Crippen LogP contribution in [0.5, 0.6) is 0 Å². The summed E-state index contributed by atoms with van der Waals surface area (Å²) in [6.45, 7) is 9.98. The van der Waals surface area contributed by atoms with Crippen molar-refractivity contribution in [1.29, 1.82) is 0 Å². The van der Waals surface area contributed by atoms with Crippen LogP contribution in [0.4, 0.5) is 5.13 Å².